The number of nitrogens with one attached hydrogen (secondary N) is 3. The summed E-state index contributed by atoms with van der Waals surface area (Å²) >= 11 is 0. The number of carbonyl (C=O) groups excluding carboxylic acids is 1. The number of benzene rings is 2. The van der Waals surface area contributed by atoms with E-state index in [1.807, 2.05) is 61.7 Å². The van der Waals surface area contributed by atoms with E-state index in [2.05, 4.69) is 49.7 Å². The molecule has 1 amide bonds. The number of fused-ring (bicyclic) bond motifs is 2. The number of rotatable bonds is 6. The van der Waals surface area contributed by atoms with Gasteiger partial charge < -0.3 is 10.3 Å². The molecule has 176 valence electrons. The summed E-state index contributed by atoms with van der Waals surface area (Å²) in [5.41, 5.74) is 8.97. The van der Waals surface area contributed by atoms with Crippen molar-refractivity contribution in [2.45, 2.75) is 19.8 Å². The molecule has 0 spiro atoms. The lowest BCUT2D eigenvalue weighted by Crippen LogP contribution is -2.10. The minimum absolute atomic E-state index is 0.0136. The second kappa shape index (κ2) is 9.11. The fourth-order valence-electron chi connectivity index (χ4n) is 4.51. The summed E-state index contributed by atoms with van der Waals surface area (Å²) in [6.45, 7) is 1.99. The van der Waals surface area contributed by atoms with Crippen LogP contribution < -0.4 is 5.32 Å². The van der Waals surface area contributed by atoms with Gasteiger partial charge in [-0.25, -0.2) is 4.98 Å². The second-order valence-electron chi connectivity index (χ2n) is 8.74. The van der Waals surface area contributed by atoms with Gasteiger partial charge in [0.1, 0.15) is 11.2 Å². The number of anilines is 1. The van der Waals surface area contributed by atoms with Gasteiger partial charge in [0.15, 0.2) is 0 Å². The van der Waals surface area contributed by atoms with Crippen molar-refractivity contribution in [1.82, 2.24) is 25.1 Å². The van der Waals surface area contributed by atoms with Crippen LogP contribution in [0.5, 0.6) is 0 Å². The summed E-state index contributed by atoms with van der Waals surface area (Å²) in [5.74, 6) is 0.0136. The third-order valence-electron chi connectivity index (χ3n) is 6.22. The van der Waals surface area contributed by atoms with Crippen LogP contribution in [-0.2, 0) is 4.79 Å². The smallest absolute Gasteiger partial charge is 0.224 e. The van der Waals surface area contributed by atoms with Crippen molar-refractivity contribution in [2.75, 3.05) is 5.32 Å². The monoisotopic (exact) mass is 472 g/mol. The zero-order valence-corrected chi connectivity index (χ0v) is 19.7. The van der Waals surface area contributed by atoms with E-state index in [9.17, 15) is 4.79 Å². The number of aromatic amines is 2. The molecule has 2 aromatic carbocycles. The summed E-state index contributed by atoms with van der Waals surface area (Å²) in [5, 5.41) is 11.8. The molecule has 0 fully saturated rings. The maximum atomic E-state index is 12.0. The minimum atomic E-state index is 0.0136. The van der Waals surface area contributed by atoms with Gasteiger partial charge >= 0.3 is 0 Å². The van der Waals surface area contributed by atoms with Gasteiger partial charge in [-0.3, -0.25) is 14.9 Å². The quantitative estimate of drug-likeness (QED) is 0.255. The van der Waals surface area contributed by atoms with E-state index >= 15 is 0 Å². The molecule has 36 heavy (non-hydrogen) atoms. The molecule has 0 saturated carbocycles. The van der Waals surface area contributed by atoms with E-state index in [4.69, 9.17) is 4.98 Å². The predicted molar refractivity (Wildman–Crippen MR) is 143 cm³/mol. The molecule has 6 aromatic rings. The summed E-state index contributed by atoms with van der Waals surface area (Å²) in [6.07, 6.45) is 4.96. The Hall–Kier alpha value is -4.78. The lowest BCUT2D eigenvalue weighted by atomic mass is 10.0. The highest BCUT2D eigenvalue weighted by atomic mass is 16.1. The fraction of sp³-hybridized carbons (Fsp3) is 0.103. The molecule has 4 heterocycles. The zero-order chi connectivity index (χ0) is 24.5. The van der Waals surface area contributed by atoms with Crippen LogP contribution >= 0.6 is 0 Å². The second-order valence-corrected chi connectivity index (χ2v) is 8.74. The van der Waals surface area contributed by atoms with Crippen LogP contribution in [0.4, 0.5) is 5.69 Å². The van der Waals surface area contributed by atoms with Crippen LogP contribution in [0.3, 0.4) is 0 Å². The topological polar surface area (TPSA) is 99.4 Å². The van der Waals surface area contributed by atoms with Gasteiger partial charge in [-0.2, -0.15) is 5.10 Å². The number of amides is 1. The Morgan fingerprint density at radius 3 is 2.69 bits per heavy atom. The van der Waals surface area contributed by atoms with E-state index in [-0.39, 0.29) is 5.91 Å². The number of hydrogen-bond donors (Lipinski definition) is 3. The molecule has 6 rings (SSSR count). The molecule has 7 nitrogen and oxygen atoms in total. The average molecular weight is 473 g/mol. The first kappa shape index (κ1) is 21.7. The molecule has 0 unspecified atom stereocenters. The van der Waals surface area contributed by atoms with Crippen molar-refractivity contribution in [3.63, 3.8) is 0 Å². The van der Waals surface area contributed by atoms with Gasteiger partial charge in [0.25, 0.3) is 0 Å². The van der Waals surface area contributed by atoms with Gasteiger partial charge in [-0.15, -0.1) is 0 Å². The molecule has 0 radical (unpaired) electrons. The molecule has 0 aliphatic heterocycles. The number of H-pyrrole nitrogens is 2. The largest absolute Gasteiger partial charge is 0.353 e. The molecule has 0 saturated heterocycles. The highest BCUT2D eigenvalue weighted by Gasteiger charge is 2.15. The SMILES string of the molecule is CCCC(=O)Nc1cccc(-c2ccc3[nH]nc(-c4cc5c(-c6cccnc6)cccc5[nH]4)c3n2)c1. The van der Waals surface area contributed by atoms with E-state index in [0.29, 0.717) is 6.42 Å². The third-order valence-corrected chi connectivity index (χ3v) is 6.22. The summed E-state index contributed by atoms with van der Waals surface area (Å²) < 4.78 is 0. The lowest BCUT2D eigenvalue weighted by molar-refractivity contribution is -0.116. The minimum Gasteiger partial charge on any atom is -0.353 e. The van der Waals surface area contributed by atoms with Crippen LogP contribution in [0.15, 0.2) is 85.2 Å². The Balaban J connectivity index is 1.40. The van der Waals surface area contributed by atoms with Gasteiger partial charge in [0.05, 0.1) is 16.9 Å². The Morgan fingerprint density at radius 1 is 0.944 bits per heavy atom. The number of hydrogen-bond acceptors (Lipinski definition) is 4. The van der Waals surface area contributed by atoms with E-state index in [1.165, 1.54) is 0 Å². The Labute approximate surface area is 207 Å². The van der Waals surface area contributed by atoms with Crippen LogP contribution in [0.2, 0.25) is 0 Å². The lowest BCUT2D eigenvalue weighted by Gasteiger charge is -2.07. The molecule has 0 aliphatic carbocycles. The van der Waals surface area contributed by atoms with Crippen molar-refractivity contribution < 1.29 is 4.79 Å². The Bertz CT molecular complexity index is 1700. The average Bonchev–Trinajstić information content (AvgIpc) is 3.53. The standard InChI is InChI=1S/C29H24N6O/c1-2-6-27(36)31-20-9-3-7-18(15-20)23-12-13-25-28(33-23)29(35-34-25)26-16-22-21(10-4-11-24(22)32-26)19-8-5-14-30-17-19/h3-5,7-17,32H,2,6H2,1H3,(H,31,36)(H,34,35). The molecule has 7 heteroatoms. The Kier molecular flexibility index (Phi) is 5.50. The third kappa shape index (κ3) is 4.01. The number of carbonyl (C=O) groups is 1. The molecule has 4 aromatic heterocycles. The molecule has 0 aliphatic rings. The van der Waals surface area contributed by atoms with E-state index in [0.717, 1.165) is 67.8 Å². The molecular weight excluding hydrogens is 448 g/mol. The van der Waals surface area contributed by atoms with Gasteiger partial charge in [0, 0.05) is 46.5 Å². The van der Waals surface area contributed by atoms with Crippen molar-refractivity contribution in [3.8, 4) is 33.8 Å². The first-order chi connectivity index (χ1) is 17.7. The van der Waals surface area contributed by atoms with Crippen LogP contribution in [-0.4, -0.2) is 31.1 Å². The van der Waals surface area contributed by atoms with E-state index in [1.54, 1.807) is 6.20 Å². The fourth-order valence-corrected chi connectivity index (χ4v) is 4.51. The van der Waals surface area contributed by atoms with Crippen molar-refractivity contribution in [3.05, 3.63) is 85.2 Å². The molecule has 0 atom stereocenters. The van der Waals surface area contributed by atoms with Gasteiger partial charge in [0.2, 0.25) is 5.91 Å². The van der Waals surface area contributed by atoms with Crippen molar-refractivity contribution >= 4 is 33.5 Å². The number of nitrogens with zero attached hydrogens (tertiary/aromatic N) is 3. The molecule has 0 bridgehead atoms. The first-order valence-electron chi connectivity index (χ1n) is 12.0. The normalized spacial score (nSPS) is 11.2. The van der Waals surface area contributed by atoms with E-state index < -0.39 is 0 Å². The maximum absolute atomic E-state index is 12.0. The highest BCUT2D eigenvalue weighted by Crippen LogP contribution is 2.34. The van der Waals surface area contributed by atoms with Crippen LogP contribution in [0, 0.1) is 0 Å². The zero-order valence-electron chi connectivity index (χ0n) is 19.7. The predicted octanol–water partition coefficient (Wildman–Crippen LogP) is 6.57. The first-order valence-corrected chi connectivity index (χ1v) is 12.0. The van der Waals surface area contributed by atoms with Gasteiger partial charge in [-0.1, -0.05) is 37.3 Å². The van der Waals surface area contributed by atoms with Crippen molar-refractivity contribution in [1.29, 1.82) is 0 Å². The Morgan fingerprint density at radius 2 is 1.83 bits per heavy atom. The van der Waals surface area contributed by atoms with Crippen LogP contribution in [0.1, 0.15) is 19.8 Å². The summed E-state index contributed by atoms with van der Waals surface area (Å²) in [6, 6.07) is 24.0. The summed E-state index contributed by atoms with van der Waals surface area (Å²) in [7, 11) is 0. The van der Waals surface area contributed by atoms with Crippen molar-refractivity contribution in [2.24, 2.45) is 0 Å². The molecular formula is C29H24N6O. The van der Waals surface area contributed by atoms with Gasteiger partial charge in [-0.05, 0) is 54.4 Å². The summed E-state index contributed by atoms with van der Waals surface area (Å²) in [4.78, 5) is 24.8. The number of pyridine rings is 2. The number of aromatic nitrogens is 5. The van der Waals surface area contributed by atoms with Crippen LogP contribution in [0.25, 0.3) is 55.7 Å². The molecule has 3 N–H and O–H groups in total. The highest BCUT2D eigenvalue weighted by molar-refractivity contribution is 6.00. The maximum Gasteiger partial charge on any atom is 0.224 e.